The van der Waals surface area contributed by atoms with Gasteiger partial charge in [-0.15, -0.1) is 5.06 Å². The van der Waals surface area contributed by atoms with Gasteiger partial charge in [-0.2, -0.15) is 0 Å². The quantitative estimate of drug-likeness (QED) is 0.725. The summed E-state index contributed by atoms with van der Waals surface area (Å²) in [4.78, 5) is 5.67. The highest BCUT2D eigenvalue weighted by Gasteiger charge is 2.43. The van der Waals surface area contributed by atoms with E-state index in [4.69, 9.17) is 16.4 Å². The summed E-state index contributed by atoms with van der Waals surface area (Å²) >= 11 is 5.87. The Hall–Kier alpha value is -0.570. The lowest BCUT2D eigenvalue weighted by Gasteiger charge is -2.20. The molecule has 1 aromatic rings. The van der Waals surface area contributed by atoms with Crippen molar-refractivity contribution in [1.29, 1.82) is 0 Å². The average molecular weight is 238 g/mol. The van der Waals surface area contributed by atoms with Crippen LogP contribution in [0.25, 0.3) is 0 Å². The largest absolute Gasteiger partial charge is 0.270 e. The van der Waals surface area contributed by atoms with Gasteiger partial charge in [0.25, 0.3) is 0 Å². The highest BCUT2D eigenvalue weighted by Crippen LogP contribution is 2.42. The van der Waals surface area contributed by atoms with E-state index in [1.165, 1.54) is 37.7 Å². The summed E-state index contributed by atoms with van der Waals surface area (Å²) in [5.74, 6) is 0. The molecule has 1 aromatic carbocycles. The number of benzene rings is 1. The van der Waals surface area contributed by atoms with Crippen LogP contribution in [0.4, 0.5) is 0 Å². The highest BCUT2D eigenvalue weighted by atomic mass is 35.5. The Morgan fingerprint density at radius 1 is 1.06 bits per heavy atom. The smallest absolute Gasteiger partial charge is 0.180 e. The third-order valence-corrected chi connectivity index (χ3v) is 3.75. The number of hydrogen-bond donors (Lipinski definition) is 0. The molecule has 0 radical (unpaired) electrons. The fourth-order valence-corrected chi connectivity index (χ4v) is 2.66. The fraction of sp³-hybridized carbons (Fsp3) is 0.538. The summed E-state index contributed by atoms with van der Waals surface area (Å²) in [6, 6.07) is 8.59. The fourth-order valence-electron chi connectivity index (χ4n) is 2.54. The Balaban J connectivity index is 1.64. The number of hydrogen-bond acceptors (Lipinski definition) is 2. The second kappa shape index (κ2) is 4.36. The van der Waals surface area contributed by atoms with Crippen molar-refractivity contribution < 1.29 is 4.84 Å². The molecule has 2 atom stereocenters. The van der Waals surface area contributed by atoms with E-state index >= 15 is 0 Å². The Morgan fingerprint density at radius 2 is 1.75 bits per heavy atom. The average Bonchev–Trinajstić information content (AvgIpc) is 3.11. The summed E-state index contributed by atoms with van der Waals surface area (Å²) in [5.41, 5.74) is 1.22. The SMILES string of the molecule is Clc1ccc([C@H]2ON2C2CCCCC2)cc1. The van der Waals surface area contributed by atoms with Gasteiger partial charge in [0.1, 0.15) is 0 Å². The lowest BCUT2D eigenvalue weighted by Crippen LogP contribution is -2.21. The molecule has 1 saturated carbocycles. The minimum Gasteiger partial charge on any atom is -0.270 e. The molecule has 1 saturated heterocycles. The van der Waals surface area contributed by atoms with Crippen LogP contribution in [0, 0.1) is 0 Å². The maximum absolute atomic E-state index is 5.87. The van der Waals surface area contributed by atoms with Crippen molar-refractivity contribution in [3.8, 4) is 0 Å². The maximum atomic E-state index is 5.87. The summed E-state index contributed by atoms with van der Waals surface area (Å²) in [6.45, 7) is 0. The van der Waals surface area contributed by atoms with Crippen LogP contribution in [0.15, 0.2) is 24.3 Å². The molecule has 1 unspecified atom stereocenters. The van der Waals surface area contributed by atoms with Crippen LogP contribution in [0.5, 0.6) is 0 Å². The number of halogens is 1. The van der Waals surface area contributed by atoms with Gasteiger partial charge in [0.15, 0.2) is 6.23 Å². The zero-order valence-electron chi connectivity index (χ0n) is 9.23. The molecule has 1 heterocycles. The van der Waals surface area contributed by atoms with Crippen molar-refractivity contribution in [2.24, 2.45) is 0 Å². The van der Waals surface area contributed by atoms with E-state index in [0.717, 1.165) is 5.02 Å². The molecule has 2 aliphatic rings. The molecule has 2 fully saturated rings. The molecular weight excluding hydrogens is 222 g/mol. The van der Waals surface area contributed by atoms with E-state index in [9.17, 15) is 0 Å². The Bertz CT molecular complexity index is 359. The number of nitrogens with zero attached hydrogens (tertiary/aromatic N) is 1. The maximum Gasteiger partial charge on any atom is 0.180 e. The summed E-state index contributed by atoms with van der Waals surface area (Å²) in [5, 5.41) is 2.94. The summed E-state index contributed by atoms with van der Waals surface area (Å²) in [6.07, 6.45) is 6.82. The molecule has 0 spiro atoms. The van der Waals surface area contributed by atoms with Crippen molar-refractivity contribution in [2.45, 2.75) is 44.4 Å². The molecule has 16 heavy (non-hydrogen) atoms. The first kappa shape index (κ1) is 10.6. The molecule has 0 N–H and O–H groups in total. The lowest BCUT2D eigenvalue weighted by molar-refractivity contribution is 0.119. The van der Waals surface area contributed by atoms with Crippen LogP contribution in [0.1, 0.15) is 43.9 Å². The molecule has 3 heteroatoms. The number of hydroxylamine groups is 2. The van der Waals surface area contributed by atoms with Crippen molar-refractivity contribution in [3.63, 3.8) is 0 Å². The van der Waals surface area contributed by atoms with Gasteiger partial charge in [0, 0.05) is 11.1 Å². The van der Waals surface area contributed by atoms with Gasteiger partial charge in [-0.3, -0.25) is 4.84 Å². The molecule has 3 rings (SSSR count). The minimum atomic E-state index is 0.181. The zero-order valence-corrected chi connectivity index (χ0v) is 9.99. The van der Waals surface area contributed by atoms with Crippen LogP contribution >= 0.6 is 11.6 Å². The van der Waals surface area contributed by atoms with Crippen LogP contribution in [0.2, 0.25) is 5.02 Å². The lowest BCUT2D eigenvalue weighted by atomic mass is 9.95. The van der Waals surface area contributed by atoms with E-state index in [1.807, 2.05) is 12.1 Å². The van der Waals surface area contributed by atoms with E-state index in [0.29, 0.717) is 6.04 Å². The predicted molar refractivity (Wildman–Crippen MR) is 64.0 cm³/mol. The van der Waals surface area contributed by atoms with E-state index in [-0.39, 0.29) is 6.23 Å². The van der Waals surface area contributed by atoms with Crippen LogP contribution in [0.3, 0.4) is 0 Å². The topological polar surface area (TPSA) is 15.5 Å². The molecule has 0 bridgehead atoms. The molecule has 0 aromatic heterocycles. The monoisotopic (exact) mass is 237 g/mol. The van der Waals surface area contributed by atoms with Gasteiger partial charge in [0.2, 0.25) is 0 Å². The van der Waals surface area contributed by atoms with Gasteiger partial charge >= 0.3 is 0 Å². The first-order valence-corrected chi connectivity index (χ1v) is 6.43. The highest BCUT2D eigenvalue weighted by molar-refractivity contribution is 6.30. The van der Waals surface area contributed by atoms with Crippen LogP contribution < -0.4 is 0 Å². The second-order valence-electron chi connectivity index (χ2n) is 4.66. The molecule has 0 amide bonds. The Labute approximate surface area is 101 Å². The van der Waals surface area contributed by atoms with Gasteiger partial charge in [0.05, 0.1) is 0 Å². The van der Waals surface area contributed by atoms with Crippen LogP contribution in [-0.2, 0) is 4.84 Å². The standard InChI is InChI=1S/C13H16ClNO/c14-11-8-6-10(7-9-11)13-15(16-13)12-4-2-1-3-5-12/h6-9,12-13H,1-5H2/t13-,15?/m1/s1. The van der Waals surface area contributed by atoms with Gasteiger partial charge in [-0.05, 0) is 30.5 Å². The third kappa shape index (κ3) is 2.10. The first-order chi connectivity index (χ1) is 7.84. The van der Waals surface area contributed by atoms with Gasteiger partial charge in [-0.25, -0.2) is 0 Å². The second-order valence-corrected chi connectivity index (χ2v) is 5.10. The van der Waals surface area contributed by atoms with Crippen LogP contribution in [-0.4, -0.2) is 11.1 Å². The zero-order chi connectivity index (χ0) is 11.0. The molecule has 86 valence electrons. The van der Waals surface area contributed by atoms with E-state index < -0.39 is 0 Å². The molecular formula is C13H16ClNO. The summed E-state index contributed by atoms with van der Waals surface area (Å²) in [7, 11) is 0. The van der Waals surface area contributed by atoms with Crippen molar-refractivity contribution in [3.05, 3.63) is 34.9 Å². The first-order valence-electron chi connectivity index (χ1n) is 6.05. The van der Waals surface area contributed by atoms with E-state index in [2.05, 4.69) is 17.2 Å². The summed E-state index contributed by atoms with van der Waals surface area (Å²) < 4.78 is 0. The van der Waals surface area contributed by atoms with E-state index in [1.54, 1.807) is 0 Å². The third-order valence-electron chi connectivity index (χ3n) is 3.50. The predicted octanol–water partition coefficient (Wildman–Crippen LogP) is 3.92. The van der Waals surface area contributed by atoms with Crippen molar-refractivity contribution >= 4 is 11.6 Å². The Morgan fingerprint density at radius 3 is 2.44 bits per heavy atom. The van der Waals surface area contributed by atoms with Crippen molar-refractivity contribution in [2.75, 3.05) is 0 Å². The molecule has 1 aliphatic heterocycles. The molecule has 1 aliphatic carbocycles. The van der Waals surface area contributed by atoms with Gasteiger partial charge in [-0.1, -0.05) is 43.0 Å². The van der Waals surface area contributed by atoms with Gasteiger partial charge < -0.3 is 0 Å². The normalized spacial score (nSPS) is 30.3. The molecule has 2 nitrogen and oxygen atoms in total. The Kier molecular flexibility index (Phi) is 2.88. The number of rotatable bonds is 2. The minimum absolute atomic E-state index is 0.181. The van der Waals surface area contributed by atoms with Crippen molar-refractivity contribution in [1.82, 2.24) is 5.06 Å².